The molecule has 0 amide bonds. The zero-order chi connectivity index (χ0) is 75.4. The summed E-state index contributed by atoms with van der Waals surface area (Å²) in [4.78, 5) is 53.7. The van der Waals surface area contributed by atoms with Crippen molar-refractivity contribution >= 4 is 85.1 Å². The molecule has 111 heavy (non-hydrogen) atoms. The van der Waals surface area contributed by atoms with E-state index in [9.17, 15) is 10.2 Å². The molecule has 0 atom stereocenters. The normalized spacial score (nSPS) is 17.7. The number of benzene rings is 2. The average molecular weight is 1450 g/mol. The first kappa shape index (κ1) is 68.3. The summed E-state index contributed by atoms with van der Waals surface area (Å²) in [5, 5.41) is 23.2. The molecule has 0 saturated carbocycles. The Morgan fingerprint density at radius 3 is 0.847 bits per heavy atom. The third-order valence-electron chi connectivity index (χ3n) is 20.7. The highest BCUT2D eigenvalue weighted by molar-refractivity contribution is 6.39. The van der Waals surface area contributed by atoms with Crippen molar-refractivity contribution in [3.8, 4) is 0 Å². The largest absolute Gasteiger partial charge is 0.493 e. The van der Waals surface area contributed by atoms with Gasteiger partial charge in [-0.05, 0) is 197 Å². The summed E-state index contributed by atoms with van der Waals surface area (Å²) in [6.07, 6.45) is 58.4. The van der Waals surface area contributed by atoms with Crippen LogP contribution in [0, 0.1) is 0 Å². The van der Waals surface area contributed by atoms with Gasteiger partial charge in [0.2, 0.25) is 11.8 Å². The molecule has 6 aromatic heterocycles. The fraction of sp³-hybridized carbons (Fsp3) is 0.0968. The predicted octanol–water partition coefficient (Wildman–Crippen LogP) is 13.9. The molecule has 18 rings (SSSR count). The van der Waals surface area contributed by atoms with E-state index in [1.54, 1.807) is 0 Å². The van der Waals surface area contributed by atoms with Gasteiger partial charge in [0.25, 0.3) is 0 Å². The number of aliphatic hydroxyl groups excluding tert-OH is 2. The van der Waals surface area contributed by atoms with Crippen molar-refractivity contribution in [1.29, 1.82) is 0 Å². The highest BCUT2D eigenvalue weighted by atomic mass is 16.3. The molecular formula is C93H76N16O2+4. The van der Waals surface area contributed by atoms with E-state index in [0.29, 0.717) is 17.5 Å². The molecule has 16 bridgehead atoms. The Morgan fingerprint density at radius 2 is 0.541 bits per heavy atom. The van der Waals surface area contributed by atoms with Crippen LogP contribution in [0.3, 0.4) is 0 Å². The smallest absolute Gasteiger partial charge is 0.213 e. The van der Waals surface area contributed by atoms with Crippen LogP contribution >= 0.6 is 0 Å². The van der Waals surface area contributed by atoms with Crippen molar-refractivity contribution in [2.45, 2.75) is 6.42 Å². The molecule has 2 aromatic carbocycles. The SMILES string of the molecule is CN1C=CC(=C2C3=NC(=C(c4cc[n+](C)cc4)C4=NC(=C(c5cc[n+](C)cc5)c5ccc([nH]5)C(c5ccc(C(O)=NCCCN=C(O)c6ccc(C7=C8C=CC(=N8)C(c8cc[n+](C)cc8)=C8C=CC(=N8)C(c8cc[n+](C)cc8)=C8C=CC(=N8)C(=C8C=CN(C)C=C8)c8ccc7[nH]8)cc6)cc5)=C5C=CC2=N5)C=C4)C=C3)C=C1. The minimum Gasteiger partial charge on any atom is -0.493 e. The number of aryl methyl sites for hydroxylation is 4. The first-order valence-corrected chi connectivity index (χ1v) is 36.9. The highest BCUT2D eigenvalue weighted by Crippen LogP contribution is 2.42. The van der Waals surface area contributed by atoms with Gasteiger partial charge in [-0.15, -0.1) is 0 Å². The van der Waals surface area contributed by atoms with Crippen LogP contribution in [-0.2, 0) is 28.2 Å². The molecule has 8 aromatic rings. The summed E-state index contributed by atoms with van der Waals surface area (Å²) < 4.78 is 8.10. The highest BCUT2D eigenvalue weighted by Gasteiger charge is 2.31. The molecule has 18 heteroatoms. The van der Waals surface area contributed by atoms with E-state index in [-0.39, 0.29) is 24.9 Å². The Morgan fingerprint density at radius 1 is 0.297 bits per heavy atom. The summed E-state index contributed by atoms with van der Waals surface area (Å²) >= 11 is 0. The molecule has 18 nitrogen and oxygen atoms in total. The second-order valence-corrected chi connectivity index (χ2v) is 28.3. The second-order valence-electron chi connectivity index (χ2n) is 28.3. The monoisotopic (exact) mass is 1450 g/mol. The predicted molar refractivity (Wildman–Crippen MR) is 442 cm³/mol. The van der Waals surface area contributed by atoms with E-state index in [0.717, 1.165) is 180 Å². The molecule has 0 spiro atoms. The fourth-order valence-corrected chi connectivity index (χ4v) is 14.9. The summed E-state index contributed by atoms with van der Waals surface area (Å²) in [5.74, 6) is -0.208. The molecule has 10 aliphatic rings. The summed E-state index contributed by atoms with van der Waals surface area (Å²) in [5.41, 5.74) is 28.8. The van der Waals surface area contributed by atoms with Crippen molar-refractivity contribution in [3.63, 3.8) is 0 Å². The zero-order valence-corrected chi connectivity index (χ0v) is 62.0. The number of pyridine rings is 4. The Balaban J connectivity index is 0.636. The van der Waals surface area contributed by atoms with Gasteiger partial charge < -0.3 is 30.0 Å². The number of aliphatic imine (C=N–C) groups is 8. The number of nitrogens with zero attached hydrogens (tertiary/aromatic N) is 14. The van der Waals surface area contributed by atoms with Gasteiger partial charge >= 0.3 is 0 Å². The van der Waals surface area contributed by atoms with Gasteiger partial charge in [0, 0.05) is 179 Å². The number of nitrogens with one attached hydrogen (secondary N) is 2. The number of rotatable bonds is 12. The van der Waals surface area contributed by atoms with Crippen LogP contribution in [0.4, 0.5) is 0 Å². The van der Waals surface area contributed by atoms with Crippen molar-refractivity contribution < 1.29 is 28.5 Å². The number of H-pyrrole nitrogens is 2. The molecular weight excluding hydrogens is 1370 g/mol. The van der Waals surface area contributed by atoms with E-state index in [1.165, 1.54) is 0 Å². The van der Waals surface area contributed by atoms with Gasteiger partial charge in [-0.1, -0.05) is 24.3 Å². The molecule has 0 aliphatic carbocycles. The molecule has 0 saturated heterocycles. The van der Waals surface area contributed by atoms with Crippen LogP contribution in [0.15, 0.2) is 384 Å². The Hall–Kier alpha value is -14.5. The molecule has 536 valence electrons. The molecule has 10 aliphatic heterocycles. The van der Waals surface area contributed by atoms with Gasteiger partial charge in [0.1, 0.15) is 28.2 Å². The minimum absolute atomic E-state index is 0.104. The lowest BCUT2D eigenvalue weighted by atomic mass is 9.97. The van der Waals surface area contributed by atoms with E-state index in [2.05, 4.69) is 190 Å². The maximum Gasteiger partial charge on any atom is 0.213 e. The average Bonchev–Trinajstić information content (AvgIpc) is 1.62. The first-order valence-electron chi connectivity index (χ1n) is 36.9. The molecule has 16 heterocycles. The van der Waals surface area contributed by atoms with Crippen LogP contribution in [0.2, 0.25) is 0 Å². The van der Waals surface area contributed by atoms with Crippen molar-refractivity contribution in [2.75, 3.05) is 27.2 Å². The van der Waals surface area contributed by atoms with Crippen LogP contribution < -0.4 is 18.3 Å². The molecule has 4 N–H and O–H groups in total. The maximum atomic E-state index is 11.6. The van der Waals surface area contributed by atoms with Gasteiger partial charge in [0.15, 0.2) is 49.6 Å². The van der Waals surface area contributed by atoms with E-state index >= 15 is 0 Å². The van der Waals surface area contributed by atoms with Gasteiger partial charge in [-0.25, -0.2) is 48.2 Å². The molecule has 0 radical (unpaired) electrons. The number of aliphatic hydroxyl groups is 2. The Bertz CT molecular complexity index is 6180. The van der Waals surface area contributed by atoms with Crippen molar-refractivity contribution in [3.05, 3.63) is 411 Å². The number of aromatic amines is 2. The Kier molecular flexibility index (Phi) is 17.6. The number of hydrogen-bond acceptors (Lipinski definition) is 10. The minimum atomic E-state index is -0.104. The molecule has 0 unspecified atom stereocenters. The Labute approximate surface area is 642 Å². The quantitative estimate of drug-likeness (QED) is 0.0410. The van der Waals surface area contributed by atoms with Gasteiger partial charge in [-0.3, -0.25) is 9.98 Å². The third kappa shape index (κ3) is 13.4. The summed E-state index contributed by atoms with van der Waals surface area (Å²) in [7, 11) is 12.1. The number of fused-ring (bicyclic) bond motifs is 10. The fourth-order valence-electron chi connectivity index (χ4n) is 14.9. The number of hydrogen-bond donors (Lipinski definition) is 4. The topological polar surface area (TPSA) is 193 Å². The van der Waals surface area contributed by atoms with Crippen LogP contribution in [0.1, 0.15) is 73.7 Å². The summed E-state index contributed by atoms with van der Waals surface area (Å²) in [6, 6.07) is 40.8. The first-order chi connectivity index (χ1) is 54.2. The molecule has 0 fully saturated rings. The second kappa shape index (κ2) is 28.6. The van der Waals surface area contributed by atoms with Crippen LogP contribution in [0.25, 0.3) is 39.0 Å². The van der Waals surface area contributed by atoms with Gasteiger partial charge in [-0.2, -0.15) is 0 Å². The lowest BCUT2D eigenvalue weighted by Crippen LogP contribution is -2.26. The number of aromatic nitrogens is 6. The van der Waals surface area contributed by atoms with Crippen LogP contribution in [0.5, 0.6) is 0 Å². The third-order valence-corrected chi connectivity index (χ3v) is 20.7. The number of allylic oxidation sites excluding steroid dienone is 23. The van der Waals surface area contributed by atoms with Crippen LogP contribution in [-0.4, -0.2) is 103 Å². The summed E-state index contributed by atoms with van der Waals surface area (Å²) in [6.45, 7) is 0.529. The van der Waals surface area contributed by atoms with E-state index in [1.807, 2.05) is 193 Å². The maximum absolute atomic E-state index is 11.6. The van der Waals surface area contributed by atoms with Gasteiger partial charge in [0.05, 0.1) is 68.5 Å². The lowest BCUT2D eigenvalue weighted by Gasteiger charge is -2.16. The van der Waals surface area contributed by atoms with Crippen molar-refractivity contribution in [1.82, 2.24) is 19.8 Å². The van der Waals surface area contributed by atoms with Crippen molar-refractivity contribution in [2.24, 2.45) is 68.1 Å². The van der Waals surface area contributed by atoms with E-state index in [4.69, 9.17) is 30.0 Å². The lowest BCUT2D eigenvalue weighted by molar-refractivity contribution is -0.671. The van der Waals surface area contributed by atoms with E-state index < -0.39 is 0 Å². The zero-order valence-electron chi connectivity index (χ0n) is 62.0. The standard InChI is InChI=1S/C93H74N16O2/c1-104-46-32-60(33-47-104)86-72-20-16-68(96-72)84(69-17-21-73(97-69)87(61-34-48-105(2)49-35-61)77-25-29-81(101-77)90(80-28-24-76(86)100-80)64-40-54-108(5)55-41-64)58-8-12-66(13-9-58)92(110)94-44-7-45-95-93(111)67-14-10-59(11-15-67)85-70-18-22-74(98-70)88(62-36-50-106(3)51-37-62)78-26-30-82(102-78)91(65-42-56-109(6)57-43-65)83-31-27-79(103-83)89(75-23-19-71(85)99-75)63-38-52-107(4)53-39-63/h8-43,46-57H,7,44-45H2,1-6H3,(H2-2,94,95,96,97,98,99,100,101,102,103,110,111)/q+2/p+2.